The van der Waals surface area contributed by atoms with Crippen molar-refractivity contribution < 1.29 is 17.9 Å². The number of carbonyl (C=O) groups is 1. The first-order chi connectivity index (χ1) is 11.4. The number of hydrogen-bond donors (Lipinski definition) is 0. The summed E-state index contributed by atoms with van der Waals surface area (Å²) in [5, 5.41) is 0. The van der Waals surface area contributed by atoms with Crippen LogP contribution in [0.2, 0.25) is 0 Å². The van der Waals surface area contributed by atoms with Crippen molar-refractivity contribution in [2.75, 3.05) is 23.7 Å². The van der Waals surface area contributed by atoms with Gasteiger partial charge in [-0.15, -0.1) is 0 Å². The SMILES string of the molecule is COC(=O)c1ccc(-c2ccc(N3CCCS3(=O)=O)cc2C)cc1. The molecule has 0 N–H and O–H groups in total. The van der Waals surface area contributed by atoms with Crippen molar-refractivity contribution in [1.82, 2.24) is 0 Å². The average Bonchev–Trinajstić information content (AvgIpc) is 2.93. The highest BCUT2D eigenvalue weighted by molar-refractivity contribution is 7.93. The number of ether oxygens (including phenoxy) is 1. The molecule has 1 saturated heterocycles. The van der Waals surface area contributed by atoms with E-state index in [1.807, 2.05) is 37.3 Å². The highest BCUT2D eigenvalue weighted by atomic mass is 32.2. The number of nitrogens with zero attached hydrogens (tertiary/aromatic N) is 1. The lowest BCUT2D eigenvalue weighted by atomic mass is 9.99. The Kier molecular flexibility index (Phi) is 4.32. The quantitative estimate of drug-likeness (QED) is 0.802. The van der Waals surface area contributed by atoms with Gasteiger partial charge in [0.1, 0.15) is 0 Å². The molecule has 0 spiro atoms. The molecule has 2 aromatic rings. The molecule has 126 valence electrons. The number of anilines is 1. The molecule has 5 nitrogen and oxygen atoms in total. The van der Waals surface area contributed by atoms with Gasteiger partial charge in [0, 0.05) is 6.54 Å². The molecule has 1 aliphatic heterocycles. The third kappa shape index (κ3) is 3.01. The van der Waals surface area contributed by atoms with E-state index < -0.39 is 10.0 Å². The van der Waals surface area contributed by atoms with E-state index in [-0.39, 0.29) is 11.7 Å². The van der Waals surface area contributed by atoms with Crippen LogP contribution in [0.1, 0.15) is 22.3 Å². The summed E-state index contributed by atoms with van der Waals surface area (Å²) in [6, 6.07) is 12.8. The van der Waals surface area contributed by atoms with Gasteiger partial charge in [-0.2, -0.15) is 0 Å². The van der Waals surface area contributed by atoms with E-state index in [9.17, 15) is 13.2 Å². The molecular formula is C18H19NO4S. The third-order valence-electron chi connectivity index (χ3n) is 4.21. The van der Waals surface area contributed by atoms with Gasteiger partial charge in [0.15, 0.2) is 0 Å². The van der Waals surface area contributed by atoms with Gasteiger partial charge in [-0.25, -0.2) is 13.2 Å². The Hall–Kier alpha value is -2.34. The number of esters is 1. The van der Waals surface area contributed by atoms with Crippen molar-refractivity contribution in [2.45, 2.75) is 13.3 Å². The fourth-order valence-corrected chi connectivity index (χ4v) is 4.52. The van der Waals surface area contributed by atoms with Crippen molar-refractivity contribution in [3.05, 3.63) is 53.6 Å². The Morgan fingerprint density at radius 1 is 1.12 bits per heavy atom. The smallest absolute Gasteiger partial charge is 0.337 e. The molecule has 0 saturated carbocycles. The van der Waals surface area contributed by atoms with Crippen LogP contribution in [0.3, 0.4) is 0 Å². The van der Waals surface area contributed by atoms with Crippen molar-refractivity contribution in [1.29, 1.82) is 0 Å². The zero-order valence-corrected chi connectivity index (χ0v) is 14.5. The summed E-state index contributed by atoms with van der Waals surface area (Å²) < 4.78 is 30.3. The van der Waals surface area contributed by atoms with Gasteiger partial charge < -0.3 is 4.74 Å². The van der Waals surface area contributed by atoms with E-state index in [1.54, 1.807) is 12.1 Å². The third-order valence-corrected chi connectivity index (χ3v) is 6.08. The van der Waals surface area contributed by atoms with Crippen LogP contribution in [-0.2, 0) is 14.8 Å². The topological polar surface area (TPSA) is 63.7 Å². The van der Waals surface area contributed by atoms with Crippen LogP contribution in [0.4, 0.5) is 5.69 Å². The summed E-state index contributed by atoms with van der Waals surface area (Å²) in [5.74, 6) is -0.157. The second kappa shape index (κ2) is 6.28. The lowest BCUT2D eigenvalue weighted by Gasteiger charge is -2.18. The highest BCUT2D eigenvalue weighted by Gasteiger charge is 2.28. The molecule has 0 bridgehead atoms. The molecule has 0 radical (unpaired) electrons. The summed E-state index contributed by atoms with van der Waals surface area (Å²) in [7, 11) is -1.82. The zero-order valence-electron chi connectivity index (χ0n) is 13.7. The Labute approximate surface area is 141 Å². The van der Waals surface area contributed by atoms with Crippen LogP contribution in [0.15, 0.2) is 42.5 Å². The molecule has 0 aromatic heterocycles. The molecule has 1 heterocycles. The summed E-state index contributed by atoms with van der Waals surface area (Å²) in [6.45, 7) is 2.49. The molecule has 0 atom stereocenters. The summed E-state index contributed by atoms with van der Waals surface area (Å²) in [6.07, 6.45) is 0.665. The van der Waals surface area contributed by atoms with Gasteiger partial charge in [-0.3, -0.25) is 4.31 Å². The fourth-order valence-electron chi connectivity index (χ4n) is 2.96. The minimum atomic E-state index is -3.17. The first-order valence-electron chi connectivity index (χ1n) is 7.72. The summed E-state index contributed by atoms with van der Waals surface area (Å²) >= 11 is 0. The molecule has 0 aliphatic carbocycles. The molecule has 1 aliphatic rings. The second-order valence-electron chi connectivity index (χ2n) is 5.81. The lowest BCUT2D eigenvalue weighted by molar-refractivity contribution is 0.0600. The largest absolute Gasteiger partial charge is 0.465 e. The maximum Gasteiger partial charge on any atom is 0.337 e. The molecule has 24 heavy (non-hydrogen) atoms. The van der Waals surface area contributed by atoms with Crippen LogP contribution in [-0.4, -0.2) is 33.8 Å². The predicted molar refractivity (Wildman–Crippen MR) is 93.7 cm³/mol. The number of aryl methyl sites for hydroxylation is 1. The van der Waals surface area contributed by atoms with Crippen LogP contribution in [0, 0.1) is 6.92 Å². The monoisotopic (exact) mass is 345 g/mol. The number of benzene rings is 2. The average molecular weight is 345 g/mol. The molecule has 1 fully saturated rings. The van der Waals surface area contributed by atoms with Crippen LogP contribution < -0.4 is 4.31 Å². The Morgan fingerprint density at radius 3 is 2.38 bits per heavy atom. The van der Waals surface area contributed by atoms with E-state index >= 15 is 0 Å². The summed E-state index contributed by atoms with van der Waals surface area (Å²) in [4.78, 5) is 11.5. The van der Waals surface area contributed by atoms with E-state index in [2.05, 4.69) is 0 Å². The zero-order chi connectivity index (χ0) is 17.3. The van der Waals surface area contributed by atoms with Crippen molar-refractivity contribution >= 4 is 21.7 Å². The molecule has 0 amide bonds. The maximum absolute atomic E-state index is 12.0. The van der Waals surface area contributed by atoms with Crippen molar-refractivity contribution in [3.8, 4) is 11.1 Å². The molecular weight excluding hydrogens is 326 g/mol. The van der Waals surface area contributed by atoms with Crippen molar-refractivity contribution in [2.24, 2.45) is 0 Å². The maximum atomic E-state index is 12.0. The highest BCUT2D eigenvalue weighted by Crippen LogP contribution is 2.30. The van der Waals surface area contributed by atoms with Crippen LogP contribution >= 0.6 is 0 Å². The fraction of sp³-hybridized carbons (Fsp3) is 0.278. The van der Waals surface area contributed by atoms with Gasteiger partial charge in [-0.1, -0.05) is 18.2 Å². The Balaban J connectivity index is 1.92. The normalized spacial score (nSPS) is 16.2. The first kappa shape index (κ1) is 16.5. The molecule has 2 aromatic carbocycles. The second-order valence-corrected chi connectivity index (χ2v) is 7.82. The van der Waals surface area contributed by atoms with E-state index in [0.29, 0.717) is 24.2 Å². The first-order valence-corrected chi connectivity index (χ1v) is 9.33. The standard InChI is InChI=1S/C18H19NO4S/c1-13-12-16(19-10-3-11-24(19,21)22)8-9-17(13)14-4-6-15(7-5-14)18(20)23-2/h4-9,12H,3,10-11H2,1-2H3. The number of hydrogen-bond acceptors (Lipinski definition) is 4. The van der Waals surface area contributed by atoms with Crippen LogP contribution in [0.25, 0.3) is 11.1 Å². The van der Waals surface area contributed by atoms with Crippen LogP contribution in [0.5, 0.6) is 0 Å². The van der Waals surface area contributed by atoms with Crippen molar-refractivity contribution in [3.63, 3.8) is 0 Å². The Bertz CT molecular complexity index is 872. The predicted octanol–water partition coefficient (Wildman–Crippen LogP) is 2.99. The van der Waals surface area contributed by atoms with Gasteiger partial charge in [0.2, 0.25) is 10.0 Å². The Morgan fingerprint density at radius 2 is 1.83 bits per heavy atom. The minimum Gasteiger partial charge on any atom is -0.465 e. The van der Waals surface area contributed by atoms with Gasteiger partial charge in [-0.05, 0) is 54.3 Å². The molecule has 3 rings (SSSR count). The number of rotatable bonds is 3. The van der Waals surface area contributed by atoms with E-state index in [0.717, 1.165) is 16.7 Å². The number of sulfonamides is 1. The summed E-state index contributed by atoms with van der Waals surface area (Å²) in [5.41, 5.74) is 4.17. The van der Waals surface area contributed by atoms with E-state index in [4.69, 9.17) is 4.74 Å². The molecule has 6 heteroatoms. The minimum absolute atomic E-state index is 0.211. The molecule has 0 unspecified atom stereocenters. The number of carbonyl (C=O) groups excluding carboxylic acids is 1. The van der Waals surface area contributed by atoms with Gasteiger partial charge in [0.05, 0.1) is 24.1 Å². The van der Waals surface area contributed by atoms with Gasteiger partial charge in [0.25, 0.3) is 0 Å². The lowest BCUT2D eigenvalue weighted by Crippen LogP contribution is -2.25. The number of methoxy groups -OCH3 is 1. The van der Waals surface area contributed by atoms with Gasteiger partial charge >= 0.3 is 5.97 Å². The van der Waals surface area contributed by atoms with E-state index in [1.165, 1.54) is 11.4 Å².